The van der Waals surface area contributed by atoms with Gasteiger partial charge in [0, 0.05) is 25.3 Å². The predicted octanol–water partition coefficient (Wildman–Crippen LogP) is 0.672. The minimum atomic E-state index is -0.492. The molecule has 0 unspecified atom stereocenters. The van der Waals surface area contributed by atoms with Crippen molar-refractivity contribution in [3.63, 3.8) is 0 Å². The lowest BCUT2D eigenvalue weighted by Crippen LogP contribution is -2.31. The number of nitrogens with zero attached hydrogens (tertiary/aromatic N) is 4. The number of ether oxygens (including phenoxy) is 2. The zero-order valence-electron chi connectivity index (χ0n) is 15.4. The van der Waals surface area contributed by atoms with Gasteiger partial charge in [-0.05, 0) is 31.2 Å². The van der Waals surface area contributed by atoms with E-state index in [-0.39, 0.29) is 6.54 Å². The lowest BCUT2D eigenvalue weighted by molar-refractivity contribution is 0.200. The number of methoxy groups -OCH3 is 2. The summed E-state index contributed by atoms with van der Waals surface area (Å²) in [5.41, 5.74) is 0.350. The minimum absolute atomic E-state index is 0.169. The Morgan fingerprint density at radius 1 is 1.15 bits per heavy atom. The molecular weight excluding hydrogens is 350 g/mol. The van der Waals surface area contributed by atoms with Gasteiger partial charge in [0.15, 0.2) is 11.6 Å². The van der Waals surface area contributed by atoms with Crippen molar-refractivity contribution in [2.75, 3.05) is 20.8 Å². The molecule has 9 heteroatoms. The molecule has 0 fully saturated rings. The fourth-order valence-corrected chi connectivity index (χ4v) is 2.61. The summed E-state index contributed by atoms with van der Waals surface area (Å²) in [4.78, 5) is 30.6. The molecule has 0 atom stereocenters. The largest absolute Gasteiger partial charge is 0.497 e. The van der Waals surface area contributed by atoms with E-state index in [0.29, 0.717) is 30.2 Å². The molecule has 9 nitrogen and oxygen atoms in total. The van der Waals surface area contributed by atoms with Crippen LogP contribution in [-0.4, -0.2) is 45.1 Å². The third-order valence-corrected chi connectivity index (χ3v) is 4.07. The Hall–Kier alpha value is -3.20. The summed E-state index contributed by atoms with van der Waals surface area (Å²) >= 11 is 0. The molecule has 0 saturated heterocycles. The maximum Gasteiger partial charge on any atom is 0.328 e. The van der Waals surface area contributed by atoms with Gasteiger partial charge in [-0.3, -0.25) is 14.3 Å². The molecule has 3 rings (SSSR count). The standard InChI is InChI=1S/C18H21N5O4/c1-12-10-22(18(25)20-17(12)24)11-16-19-15(8-9-26-2)21-23(16)13-4-6-14(27-3)7-5-13/h4-7,10H,8-9,11H2,1-3H3,(H,20,24,25). The fourth-order valence-electron chi connectivity index (χ4n) is 2.61. The molecule has 0 aliphatic heterocycles. The first-order chi connectivity index (χ1) is 13.0. The number of aromatic amines is 1. The lowest BCUT2D eigenvalue weighted by atomic mass is 10.3. The van der Waals surface area contributed by atoms with Crippen LogP contribution in [0.5, 0.6) is 5.75 Å². The molecule has 142 valence electrons. The monoisotopic (exact) mass is 371 g/mol. The van der Waals surface area contributed by atoms with E-state index in [2.05, 4.69) is 15.1 Å². The number of benzene rings is 1. The Morgan fingerprint density at radius 3 is 2.56 bits per heavy atom. The van der Waals surface area contributed by atoms with Crippen LogP contribution in [0.1, 0.15) is 17.2 Å². The van der Waals surface area contributed by atoms with Gasteiger partial charge >= 0.3 is 5.69 Å². The van der Waals surface area contributed by atoms with Gasteiger partial charge in [0.25, 0.3) is 5.56 Å². The quantitative estimate of drug-likeness (QED) is 0.655. The van der Waals surface area contributed by atoms with E-state index < -0.39 is 11.2 Å². The van der Waals surface area contributed by atoms with Crippen LogP contribution in [-0.2, 0) is 17.7 Å². The maximum atomic E-state index is 12.1. The molecule has 0 radical (unpaired) electrons. The van der Waals surface area contributed by atoms with Crippen LogP contribution in [0.3, 0.4) is 0 Å². The zero-order valence-corrected chi connectivity index (χ0v) is 15.4. The van der Waals surface area contributed by atoms with Crippen molar-refractivity contribution >= 4 is 0 Å². The molecule has 0 saturated carbocycles. The number of hydrogen-bond acceptors (Lipinski definition) is 6. The van der Waals surface area contributed by atoms with Gasteiger partial charge in [-0.2, -0.15) is 5.10 Å². The number of nitrogens with one attached hydrogen (secondary N) is 1. The average molecular weight is 371 g/mol. The van der Waals surface area contributed by atoms with Crippen molar-refractivity contribution in [1.82, 2.24) is 24.3 Å². The Kier molecular flexibility index (Phi) is 5.51. The summed E-state index contributed by atoms with van der Waals surface area (Å²) in [5.74, 6) is 1.91. The maximum absolute atomic E-state index is 12.1. The van der Waals surface area contributed by atoms with Crippen LogP contribution >= 0.6 is 0 Å². The molecule has 1 aromatic carbocycles. The first kappa shape index (κ1) is 18.6. The Balaban J connectivity index is 2.02. The number of hydrogen-bond donors (Lipinski definition) is 1. The normalized spacial score (nSPS) is 10.9. The molecule has 27 heavy (non-hydrogen) atoms. The summed E-state index contributed by atoms with van der Waals surface area (Å²) in [7, 11) is 3.22. The number of rotatable bonds is 7. The topological polar surface area (TPSA) is 104 Å². The highest BCUT2D eigenvalue weighted by Crippen LogP contribution is 2.16. The predicted molar refractivity (Wildman–Crippen MR) is 98.7 cm³/mol. The van der Waals surface area contributed by atoms with Crippen LogP contribution in [0.25, 0.3) is 5.69 Å². The molecular formula is C18H21N5O4. The molecule has 1 N–H and O–H groups in total. The second-order valence-electron chi connectivity index (χ2n) is 6.00. The van der Waals surface area contributed by atoms with Crippen molar-refractivity contribution in [1.29, 1.82) is 0 Å². The third-order valence-electron chi connectivity index (χ3n) is 4.07. The van der Waals surface area contributed by atoms with Crippen LogP contribution in [0.4, 0.5) is 0 Å². The molecule has 3 aromatic rings. The van der Waals surface area contributed by atoms with Crippen molar-refractivity contribution in [3.05, 3.63) is 68.5 Å². The number of aromatic nitrogens is 5. The summed E-state index contributed by atoms with van der Waals surface area (Å²) in [6.07, 6.45) is 2.06. The number of H-pyrrole nitrogens is 1. The SMILES string of the molecule is COCCc1nc(Cn2cc(C)c(=O)[nH]c2=O)n(-c2ccc(OC)cc2)n1. The molecule has 2 aromatic heterocycles. The fraction of sp³-hybridized carbons (Fsp3) is 0.333. The van der Waals surface area contributed by atoms with Gasteiger partial charge in [0.05, 0.1) is 25.9 Å². The highest BCUT2D eigenvalue weighted by atomic mass is 16.5. The van der Waals surface area contributed by atoms with E-state index in [1.54, 1.807) is 25.8 Å². The van der Waals surface area contributed by atoms with Gasteiger partial charge in [0.2, 0.25) is 0 Å². The lowest BCUT2D eigenvalue weighted by Gasteiger charge is -2.09. The first-order valence-electron chi connectivity index (χ1n) is 8.40. The zero-order chi connectivity index (χ0) is 19.4. The summed E-state index contributed by atoms with van der Waals surface area (Å²) in [6.45, 7) is 2.30. The molecule has 0 aliphatic carbocycles. The van der Waals surface area contributed by atoms with Crippen LogP contribution in [0.15, 0.2) is 40.1 Å². The van der Waals surface area contributed by atoms with E-state index in [1.165, 1.54) is 10.8 Å². The van der Waals surface area contributed by atoms with E-state index in [9.17, 15) is 9.59 Å². The molecule has 0 aliphatic rings. The Morgan fingerprint density at radius 2 is 1.89 bits per heavy atom. The second-order valence-corrected chi connectivity index (χ2v) is 6.00. The highest BCUT2D eigenvalue weighted by molar-refractivity contribution is 5.37. The van der Waals surface area contributed by atoms with Crippen molar-refractivity contribution in [3.8, 4) is 11.4 Å². The Bertz CT molecular complexity index is 1030. The second kappa shape index (κ2) is 8.00. The average Bonchev–Trinajstić information content (AvgIpc) is 3.07. The van der Waals surface area contributed by atoms with Crippen molar-refractivity contribution in [2.45, 2.75) is 19.9 Å². The van der Waals surface area contributed by atoms with Gasteiger partial charge < -0.3 is 9.47 Å². The van der Waals surface area contributed by atoms with E-state index in [0.717, 1.165) is 11.4 Å². The van der Waals surface area contributed by atoms with Gasteiger partial charge in [-0.1, -0.05) is 0 Å². The molecule has 2 heterocycles. The first-order valence-corrected chi connectivity index (χ1v) is 8.40. The van der Waals surface area contributed by atoms with Gasteiger partial charge in [0.1, 0.15) is 5.75 Å². The minimum Gasteiger partial charge on any atom is -0.497 e. The molecule has 0 spiro atoms. The van der Waals surface area contributed by atoms with Crippen LogP contribution in [0.2, 0.25) is 0 Å². The molecule has 0 bridgehead atoms. The summed E-state index contributed by atoms with van der Waals surface area (Å²) in [5, 5.41) is 4.54. The third kappa shape index (κ3) is 4.14. The van der Waals surface area contributed by atoms with E-state index in [4.69, 9.17) is 9.47 Å². The smallest absolute Gasteiger partial charge is 0.328 e. The summed E-state index contributed by atoms with van der Waals surface area (Å²) in [6, 6.07) is 7.37. The van der Waals surface area contributed by atoms with E-state index >= 15 is 0 Å². The van der Waals surface area contributed by atoms with Gasteiger partial charge in [-0.15, -0.1) is 0 Å². The molecule has 0 amide bonds. The van der Waals surface area contributed by atoms with Crippen LogP contribution < -0.4 is 16.0 Å². The Labute approximate surface area is 155 Å². The summed E-state index contributed by atoms with van der Waals surface area (Å²) < 4.78 is 13.4. The highest BCUT2D eigenvalue weighted by Gasteiger charge is 2.14. The van der Waals surface area contributed by atoms with Crippen LogP contribution in [0, 0.1) is 6.92 Å². The van der Waals surface area contributed by atoms with Crippen molar-refractivity contribution in [2.24, 2.45) is 0 Å². The van der Waals surface area contributed by atoms with E-state index in [1.807, 2.05) is 24.3 Å². The van der Waals surface area contributed by atoms with Crippen molar-refractivity contribution < 1.29 is 9.47 Å². The number of aryl methyl sites for hydroxylation is 1. The van der Waals surface area contributed by atoms with Gasteiger partial charge in [-0.25, -0.2) is 14.5 Å².